The Morgan fingerprint density at radius 3 is 2.12 bits per heavy atom. The maximum atomic E-state index is 13.4. The van der Waals surface area contributed by atoms with Crippen molar-refractivity contribution in [2.45, 2.75) is 19.5 Å². The van der Waals surface area contributed by atoms with E-state index in [2.05, 4.69) is 15.6 Å². The summed E-state index contributed by atoms with van der Waals surface area (Å²) in [6.45, 7) is 3.82. The number of aromatic nitrogens is 1. The molecule has 0 radical (unpaired) electrons. The average molecular weight is 455 g/mol. The zero-order chi connectivity index (χ0) is 23.5. The van der Waals surface area contributed by atoms with Crippen LogP contribution in [0.1, 0.15) is 60.0 Å². The number of ketones is 2. The SMILES string of the molecule is O=C1c2ccccc2C(=O)c2cc(C(=O)N3CCCNCc4cccc(n4)CNCC3)ccc21. The van der Waals surface area contributed by atoms with Crippen molar-refractivity contribution in [3.63, 3.8) is 0 Å². The van der Waals surface area contributed by atoms with E-state index < -0.39 is 0 Å². The van der Waals surface area contributed by atoms with Crippen LogP contribution in [0, 0.1) is 0 Å². The van der Waals surface area contributed by atoms with Crippen molar-refractivity contribution in [2.75, 3.05) is 26.2 Å². The van der Waals surface area contributed by atoms with Crippen LogP contribution in [0.4, 0.5) is 0 Å². The van der Waals surface area contributed by atoms with Crippen LogP contribution in [0.5, 0.6) is 0 Å². The Kier molecular flexibility index (Phi) is 6.29. The summed E-state index contributed by atoms with van der Waals surface area (Å²) in [5.74, 6) is -0.540. The number of carbonyl (C=O) groups excluding carboxylic acids is 3. The van der Waals surface area contributed by atoms with Crippen LogP contribution in [0.3, 0.4) is 0 Å². The van der Waals surface area contributed by atoms with Crippen LogP contribution in [-0.2, 0) is 13.1 Å². The number of fused-ring (bicyclic) bond motifs is 4. The van der Waals surface area contributed by atoms with Crippen LogP contribution in [0.2, 0.25) is 0 Å². The molecule has 0 atom stereocenters. The van der Waals surface area contributed by atoms with Crippen molar-refractivity contribution in [2.24, 2.45) is 0 Å². The van der Waals surface area contributed by atoms with E-state index in [1.807, 2.05) is 18.2 Å². The Hall–Kier alpha value is -3.68. The van der Waals surface area contributed by atoms with Crippen molar-refractivity contribution in [1.82, 2.24) is 20.5 Å². The monoisotopic (exact) mass is 454 g/mol. The van der Waals surface area contributed by atoms with Gasteiger partial charge in [-0.25, -0.2) is 0 Å². The Morgan fingerprint density at radius 1 is 0.735 bits per heavy atom. The van der Waals surface area contributed by atoms with Gasteiger partial charge in [0, 0.05) is 60.5 Å². The van der Waals surface area contributed by atoms with E-state index in [1.165, 1.54) is 0 Å². The normalized spacial score (nSPS) is 16.5. The first-order valence-corrected chi connectivity index (χ1v) is 11.6. The van der Waals surface area contributed by atoms with Gasteiger partial charge in [-0.1, -0.05) is 30.3 Å². The van der Waals surface area contributed by atoms with Gasteiger partial charge in [0.2, 0.25) is 0 Å². The Bertz CT molecular complexity index is 1270. The number of hydrogen-bond donors (Lipinski definition) is 2. The summed E-state index contributed by atoms with van der Waals surface area (Å²) in [4.78, 5) is 45.8. The molecule has 172 valence electrons. The smallest absolute Gasteiger partial charge is 0.253 e. The molecule has 2 heterocycles. The molecule has 1 aliphatic heterocycles. The number of carbonyl (C=O) groups is 3. The molecule has 2 N–H and O–H groups in total. The van der Waals surface area contributed by atoms with E-state index in [4.69, 9.17) is 0 Å². The standard InChI is InChI=1S/C27H26N4O3/c32-25-21-7-1-2-8-22(21)26(33)24-15-18(9-10-23(24)25)27(34)31-13-4-11-28-16-19-5-3-6-20(30-19)17-29-12-14-31/h1-3,5-10,15,28-29H,4,11-14,16-17H2. The molecule has 0 unspecified atom stereocenters. The molecule has 0 saturated heterocycles. The van der Waals surface area contributed by atoms with Crippen LogP contribution in [0.25, 0.3) is 0 Å². The van der Waals surface area contributed by atoms with Gasteiger partial charge in [-0.15, -0.1) is 0 Å². The molecule has 1 aromatic heterocycles. The summed E-state index contributed by atoms with van der Waals surface area (Å²) >= 11 is 0. The molecule has 3 aromatic rings. The van der Waals surface area contributed by atoms with Crippen LogP contribution >= 0.6 is 0 Å². The van der Waals surface area contributed by atoms with E-state index in [9.17, 15) is 14.4 Å². The zero-order valence-corrected chi connectivity index (χ0v) is 18.8. The predicted molar refractivity (Wildman–Crippen MR) is 128 cm³/mol. The third-order valence-electron chi connectivity index (χ3n) is 6.28. The zero-order valence-electron chi connectivity index (χ0n) is 18.8. The van der Waals surface area contributed by atoms with Crippen LogP contribution in [0.15, 0.2) is 60.7 Å². The number of nitrogens with zero attached hydrogens (tertiary/aromatic N) is 2. The number of hydrogen-bond acceptors (Lipinski definition) is 6. The van der Waals surface area contributed by atoms with Crippen LogP contribution < -0.4 is 10.6 Å². The summed E-state index contributed by atoms with van der Waals surface area (Å²) in [6.07, 6.45) is 0.793. The van der Waals surface area contributed by atoms with Gasteiger partial charge >= 0.3 is 0 Å². The number of amides is 1. The first kappa shape index (κ1) is 22.1. The van der Waals surface area contributed by atoms with E-state index in [1.54, 1.807) is 47.4 Å². The van der Waals surface area contributed by atoms with Gasteiger partial charge in [-0.3, -0.25) is 19.4 Å². The molecule has 0 saturated carbocycles. The second-order valence-electron chi connectivity index (χ2n) is 8.58. The number of nitrogens with one attached hydrogen (secondary N) is 2. The molecule has 2 aliphatic rings. The summed E-state index contributed by atoms with van der Waals surface area (Å²) in [5, 5.41) is 6.76. The lowest BCUT2D eigenvalue weighted by atomic mass is 9.83. The van der Waals surface area contributed by atoms with E-state index in [0.717, 1.165) is 24.4 Å². The average Bonchev–Trinajstić information content (AvgIpc) is 2.88. The highest BCUT2D eigenvalue weighted by molar-refractivity contribution is 6.28. The Morgan fingerprint density at radius 2 is 1.38 bits per heavy atom. The minimum Gasteiger partial charge on any atom is -0.337 e. The molecular weight excluding hydrogens is 428 g/mol. The number of rotatable bonds is 1. The third-order valence-corrected chi connectivity index (χ3v) is 6.28. The van der Waals surface area contributed by atoms with E-state index in [-0.39, 0.29) is 17.5 Å². The summed E-state index contributed by atoms with van der Waals surface area (Å²) in [7, 11) is 0. The van der Waals surface area contributed by atoms with Gasteiger partial charge in [0.25, 0.3) is 5.91 Å². The highest BCUT2D eigenvalue weighted by Crippen LogP contribution is 2.28. The predicted octanol–water partition coefficient (Wildman–Crippen LogP) is 2.58. The van der Waals surface area contributed by atoms with Gasteiger partial charge in [0.1, 0.15) is 0 Å². The summed E-state index contributed by atoms with van der Waals surface area (Å²) < 4.78 is 0. The van der Waals surface area contributed by atoms with E-state index >= 15 is 0 Å². The minimum atomic E-state index is -0.218. The third kappa shape index (κ3) is 4.40. The molecule has 5 rings (SSSR count). The minimum absolute atomic E-state index is 0.141. The molecule has 2 bridgehead atoms. The maximum absolute atomic E-state index is 13.4. The van der Waals surface area contributed by atoms with Crippen molar-refractivity contribution in [3.8, 4) is 0 Å². The van der Waals surface area contributed by atoms with Crippen molar-refractivity contribution < 1.29 is 14.4 Å². The largest absolute Gasteiger partial charge is 0.337 e. The molecule has 34 heavy (non-hydrogen) atoms. The van der Waals surface area contributed by atoms with Gasteiger partial charge in [0.05, 0.1) is 11.4 Å². The van der Waals surface area contributed by atoms with Crippen LogP contribution in [-0.4, -0.2) is 53.5 Å². The van der Waals surface area contributed by atoms with Gasteiger partial charge in [-0.05, 0) is 43.3 Å². The molecule has 1 aliphatic carbocycles. The molecule has 2 aromatic carbocycles. The van der Waals surface area contributed by atoms with Gasteiger partial charge in [-0.2, -0.15) is 0 Å². The van der Waals surface area contributed by atoms with Crippen molar-refractivity contribution in [3.05, 3.63) is 99.9 Å². The van der Waals surface area contributed by atoms with Crippen molar-refractivity contribution >= 4 is 17.5 Å². The topological polar surface area (TPSA) is 91.4 Å². The maximum Gasteiger partial charge on any atom is 0.253 e. The lowest BCUT2D eigenvalue weighted by molar-refractivity contribution is 0.0754. The fourth-order valence-electron chi connectivity index (χ4n) is 4.50. The molecule has 1 amide bonds. The number of pyridine rings is 1. The highest BCUT2D eigenvalue weighted by atomic mass is 16.2. The fourth-order valence-corrected chi connectivity index (χ4v) is 4.50. The van der Waals surface area contributed by atoms with E-state index in [0.29, 0.717) is 60.5 Å². The molecular formula is C27H26N4O3. The number of benzene rings is 2. The first-order valence-electron chi connectivity index (χ1n) is 11.6. The quantitative estimate of drug-likeness (QED) is 0.459. The lowest BCUT2D eigenvalue weighted by Crippen LogP contribution is -2.38. The lowest BCUT2D eigenvalue weighted by Gasteiger charge is -2.24. The fraction of sp³-hybridized carbons (Fsp3) is 0.259. The molecule has 0 spiro atoms. The second kappa shape index (κ2) is 9.67. The molecule has 7 nitrogen and oxygen atoms in total. The summed E-state index contributed by atoms with van der Waals surface area (Å²) in [5.41, 5.74) is 3.84. The van der Waals surface area contributed by atoms with Gasteiger partial charge < -0.3 is 15.5 Å². The first-order chi connectivity index (χ1) is 16.6. The summed E-state index contributed by atoms with van der Waals surface area (Å²) in [6, 6.07) is 17.7. The van der Waals surface area contributed by atoms with Gasteiger partial charge in [0.15, 0.2) is 11.6 Å². The molecule has 7 heteroatoms. The molecule has 0 fully saturated rings. The second-order valence-corrected chi connectivity index (χ2v) is 8.58. The Balaban J connectivity index is 1.35. The highest BCUT2D eigenvalue weighted by Gasteiger charge is 2.30. The van der Waals surface area contributed by atoms with Crippen molar-refractivity contribution in [1.29, 1.82) is 0 Å². The Labute approximate surface area is 198 Å².